The lowest BCUT2D eigenvalue weighted by Crippen LogP contribution is -2.17. The normalized spacial score (nSPS) is 10.9. The van der Waals surface area contributed by atoms with E-state index in [-0.39, 0.29) is 5.56 Å². The highest BCUT2D eigenvalue weighted by Gasteiger charge is 2.06. The molecule has 2 aromatic carbocycles. The summed E-state index contributed by atoms with van der Waals surface area (Å²) in [6, 6.07) is 16.9. The Morgan fingerprint density at radius 1 is 1.12 bits per heavy atom. The lowest BCUT2D eigenvalue weighted by Gasteiger charge is -1.99. The van der Waals surface area contributed by atoms with Crippen molar-refractivity contribution in [2.24, 2.45) is 5.10 Å². The van der Waals surface area contributed by atoms with Crippen LogP contribution in [0.2, 0.25) is 0 Å². The quantitative estimate of drug-likeness (QED) is 0.375. The van der Waals surface area contributed by atoms with E-state index in [1.54, 1.807) is 6.07 Å². The number of nitrogens with one attached hydrogen (secondary N) is 1. The molecule has 1 amide bonds. The zero-order valence-electron chi connectivity index (χ0n) is 12.4. The highest BCUT2D eigenvalue weighted by Crippen LogP contribution is 2.22. The number of benzene rings is 2. The van der Waals surface area contributed by atoms with Crippen LogP contribution in [-0.4, -0.2) is 12.1 Å². The summed E-state index contributed by atoms with van der Waals surface area (Å²) < 4.78 is 19.9. The van der Waals surface area contributed by atoms with Crippen LogP contribution in [0.3, 0.4) is 0 Å². The van der Waals surface area contributed by atoms with Crippen molar-refractivity contribution in [1.29, 1.82) is 0 Å². The summed E-state index contributed by atoms with van der Waals surface area (Å²) in [5, 5.41) is 3.83. The van der Waals surface area contributed by atoms with Crippen LogP contribution in [0.4, 0.5) is 4.39 Å². The van der Waals surface area contributed by atoms with Crippen LogP contribution in [0.1, 0.15) is 16.1 Å². The van der Waals surface area contributed by atoms with E-state index in [0.29, 0.717) is 11.5 Å². The molecular formula is C18H12FIN2O2. The van der Waals surface area contributed by atoms with Crippen LogP contribution in [0, 0.1) is 9.39 Å². The Labute approximate surface area is 151 Å². The molecule has 1 heterocycles. The van der Waals surface area contributed by atoms with Gasteiger partial charge in [0.05, 0.1) is 6.21 Å². The second kappa shape index (κ2) is 7.39. The molecule has 0 aliphatic heterocycles. The minimum Gasteiger partial charge on any atom is -0.455 e. The van der Waals surface area contributed by atoms with Gasteiger partial charge in [-0.25, -0.2) is 9.82 Å². The molecule has 4 nitrogen and oxygen atoms in total. The number of halogens is 2. The van der Waals surface area contributed by atoms with Crippen LogP contribution < -0.4 is 5.43 Å². The Morgan fingerprint density at radius 3 is 2.67 bits per heavy atom. The van der Waals surface area contributed by atoms with E-state index >= 15 is 0 Å². The SMILES string of the molecule is O=C(NN=Cc1ccc(-c2ccc(I)cc2)o1)c1cccc(F)c1. The van der Waals surface area contributed by atoms with E-state index in [1.165, 1.54) is 24.4 Å². The summed E-state index contributed by atoms with van der Waals surface area (Å²) in [5.41, 5.74) is 3.49. The molecule has 0 atom stereocenters. The van der Waals surface area contributed by atoms with E-state index in [2.05, 4.69) is 33.1 Å². The van der Waals surface area contributed by atoms with Crippen molar-refractivity contribution in [2.45, 2.75) is 0 Å². The minimum atomic E-state index is -0.491. The first kappa shape index (κ1) is 16.4. The van der Waals surface area contributed by atoms with E-state index < -0.39 is 11.7 Å². The standard InChI is InChI=1S/C18H12FIN2O2/c19-14-3-1-2-13(10-14)18(23)22-21-11-16-8-9-17(24-16)12-4-6-15(20)7-5-12/h1-11H,(H,22,23). The molecule has 1 N–H and O–H groups in total. The molecule has 0 aliphatic rings. The molecule has 3 rings (SSSR count). The fourth-order valence-corrected chi connectivity index (χ4v) is 2.40. The molecule has 0 unspecified atom stereocenters. The summed E-state index contributed by atoms with van der Waals surface area (Å²) in [7, 11) is 0. The second-order valence-corrected chi connectivity index (χ2v) is 6.16. The maximum atomic E-state index is 13.1. The van der Waals surface area contributed by atoms with Crippen molar-refractivity contribution in [3.8, 4) is 11.3 Å². The van der Waals surface area contributed by atoms with Gasteiger partial charge < -0.3 is 4.42 Å². The zero-order chi connectivity index (χ0) is 16.9. The molecule has 3 aromatic rings. The Morgan fingerprint density at radius 2 is 1.92 bits per heavy atom. The van der Waals surface area contributed by atoms with Crippen LogP contribution in [-0.2, 0) is 0 Å². The van der Waals surface area contributed by atoms with Gasteiger partial charge in [-0.15, -0.1) is 0 Å². The monoisotopic (exact) mass is 434 g/mol. The largest absolute Gasteiger partial charge is 0.455 e. The maximum absolute atomic E-state index is 13.1. The first-order valence-electron chi connectivity index (χ1n) is 7.06. The number of rotatable bonds is 4. The van der Waals surface area contributed by atoms with Crippen molar-refractivity contribution in [1.82, 2.24) is 5.43 Å². The molecule has 0 bridgehead atoms. The fourth-order valence-electron chi connectivity index (χ4n) is 2.04. The van der Waals surface area contributed by atoms with Crippen molar-refractivity contribution in [3.05, 3.63) is 81.4 Å². The second-order valence-electron chi connectivity index (χ2n) is 4.92. The Kier molecular flexibility index (Phi) is 5.05. The summed E-state index contributed by atoms with van der Waals surface area (Å²) in [4.78, 5) is 11.8. The highest BCUT2D eigenvalue weighted by molar-refractivity contribution is 14.1. The van der Waals surface area contributed by atoms with E-state index in [4.69, 9.17) is 4.42 Å². The molecule has 0 aliphatic carbocycles. The first-order chi connectivity index (χ1) is 11.6. The van der Waals surface area contributed by atoms with E-state index in [1.807, 2.05) is 30.3 Å². The van der Waals surface area contributed by atoms with Gasteiger partial charge in [-0.3, -0.25) is 4.79 Å². The summed E-state index contributed by atoms with van der Waals surface area (Å²) in [5.74, 6) is 0.252. The van der Waals surface area contributed by atoms with Crippen molar-refractivity contribution < 1.29 is 13.6 Å². The highest BCUT2D eigenvalue weighted by atomic mass is 127. The molecule has 0 saturated carbocycles. The molecule has 0 saturated heterocycles. The first-order valence-corrected chi connectivity index (χ1v) is 8.14. The number of hydrogen-bond donors (Lipinski definition) is 1. The molecule has 6 heteroatoms. The predicted molar refractivity (Wildman–Crippen MR) is 98.3 cm³/mol. The van der Waals surface area contributed by atoms with Gasteiger partial charge in [0.25, 0.3) is 5.91 Å². The van der Waals surface area contributed by atoms with Crippen LogP contribution in [0.15, 0.2) is 70.2 Å². The molecule has 120 valence electrons. The molecule has 1 aromatic heterocycles. The van der Waals surface area contributed by atoms with Crippen molar-refractivity contribution >= 4 is 34.7 Å². The number of carbonyl (C=O) groups excluding carboxylic acids is 1. The minimum absolute atomic E-state index is 0.200. The molecule has 0 fully saturated rings. The summed E-state index contributed by atoms with van der Waals surface area (Å²) in [6.07, 6.45) is 1.40. The van der Waals surface area contributed by atoms with Crippen LogP contribution in [0.25, 0.3) is 11.3 Å². The van der Waals surface area contributed by atoms with Gasteiger partial charge in [0.15, 0.2) is 0 Å². The van der Waals surface area contributed by atoms with E-state index in [9.17, 15) is 9.18 Å². The maximum Gasteiger partial charge on any atom is 0.271 e. The number of furan rings is 1. The predicted octanol–water partition coefficient (Wildman–Crippen LogP) is 4.45. The van der Waals surface area contributed by atoms with Crippen molar-refractivity contribution in [3.63, 3.8) is 0 Å². The van der Waals surface area contributed by atoms with Gasteiger partial charge in [0, 0.05) is 14.7 Å². The molecule has 0 spiro atoms. The molecule has 24 heavy (non-hydrogen) atoms. The van der Waals surface area contributed by atoms with E-state index in [0.717, 1.165) is 15.2 Å². The van der Waals surface area contributed by atoms with Gasteiger partial charge in [0.1, 0.15) is 17.3 Å². The van der Waals surface area contributed by atoms with Gasteiger partial charge >= 0.3 is 0 Å². The average Bonchev–Trinajstić information content (AvgIpc) is 3.04. The van der Waals surface area contributed by atoms with Crippen molar-refractivity contribution in [2.75, 3.05) is 0 Å². The van der Waals surface area contributed by atoms with Crippen LogP contribution in [0.5, 0.6) is 0 Å². The third kappa shape index (κ3) is 4.08. The molecular weight excluding hydrogens is 422 g/mol. The number of amides is 1. The Balaban J connectivity index is 1.65. The third-order valence-electron chi connectivity index (χ3n) is 3.20. The number of nitrogens with zero attached hydrogens (tertiary/aromatic N) is 1. The lowest BCUT2D eigenvalue weighted by molar-refractivity contribution is 0.0954. The van der Waals surface area contributed by atoms with Gasteiger partial charge in [-0.2, -0.15) is 5.10 Å². The number of hydrazone groups is 1. The zero-order valence-corrected chi connectivity index (χ0v) is 14.5. The van der Waals surface area contributed by atoms with Gasteiger partial charge in [-0.05, 0) is 65.1 Å². The topological polar surface area (TPSA) is 54.6 Å². The Bertz CT molecular complexity index is 888. The Hall–Kier alpha value is -2.48. The van der Waals surface area contributed by atoms with Crippen LogP contribution >= 0.6 is 22.6 Å². The molecule has 0 radical (unpaired) electrons. The summed E-state index contributed by atoms with van der Waals surface area (Å²) in [6.45, 7) is 0. The third-order valence-corrected chi connectivity index (χ3v) is 3.92. The lowest BCUT2D eigenvalue weighted by atomic mass is 10.2. The summed E-state index contributed by atoms with van der Waals surface area (Å²) >= 11 is 2.24. The van der Waals surface area contributed by atoms with Gasteiger partial charge in [-0.1, -0.05) is 18.2 Å². The average molecular weight is 434 g/mol. The van der Waals surface area contributed by atoms with Gasteiger partial charge in [0.2, 0.25) is 0 Å². The fraction of sp³-hybridized carbons (Fsp3) is 0. The smallest absolute Gasteiger partial charge is 0.271 e. The number of hydrogen-bond acceptors (Lipinski definition) is 3. The number of carbonyl (C=O) groups is 1.